The van der Waals surface area contributed by atoms with Gasteiger partial charge in [0.25, 0.3) is 0 Å². The highest BCUT2D eigenvalue weighted by atomic mass is 35.5. The van der Waals surface area contributed by atoms with Gasteiger partial charge in [0.05, 0.1) is 34.4 Å². The van der Waals surface area contributed by atoms with Gasteiger partial charge >= 0.3 is 0 Å². The first-order valence-corrected chi connectivity index (χ1v) is 12.6. The molecule has 0 unspecified atom stereocenters. The fourth-order valence-corrected chi connectivity index (χ4v) is 5.13. The lowest BCUT2D eigenvalue weighted by atomic mass is 10.1. The minimum atomic E-state index is 0.488. The molecule has 4 aromatic heterocycles. The second-order valence-electron chi connectivity index (χ2n) is 9.46. The van der Waals surface area contributed by atoms with Crippen molar-refractivity contribution in [2.45, 2.75) is 25.9 Å². The second kappa shape index (κ2) is 9.05. The zero-order valence-corrected chi connectivity index (χ0v) is 21.7. The predicted octanol–water partition coefficient (Wildman–Crippen LogP) is 4.34. The molecular formula is C27H26ClN9. The van der Waals surface area contributed by atoms with Crippen molar-refractivity contribution >= 4 is 39.4 Å². The Labute approximate surface area is 218 Å². The van der Waals surface area contributed by atoms with E-state index < -0.39 is 0 Å². The maximum atomic E-state index is 9.61. The number of rotatable bonds is 6. The van der Waals surface area contributed by atoms with E-state index in [1.54, 1.807) is 7.05 Å². The highest BCUT2D eigenvalue weighted by Gasteiger charge is 2.27. The van der Waals surface area contributed by atoms with E-state index in [0.29, 0.717) is 34.5 Å². The maximum absolute atomic E-state index is 9.61. The number of fused-ring (bicyclic) bond motifs is 2. The number of hydrogen-bond donors (Lipinski definition) is 1. The van der Waals surface area contributed by atoms with Crippen LogP contribution in [-0.2, 0) is 20.1 Å². The van der Waals surface area contributed by atoms with Crippen LogP contribution in [0.1, 0.15) is 24.0 Å². The van der Waals surface area contributed by atoms with Crippen LogP contribution in [0.3, 0.4) is 0 Å². The number of anilines is 1. The lowest BCUT2D eigenvalue weighted by Crippen LogP contribution is -2.27. The average Bonchev–Trinajstić information content (AvgIpc) is 3.54. The summed E-state index contributed by atoms with van der Waals surface area (Å²) < 4.78 is 6.10. The predicted molar refractivity (Wildman–Crippen MR) is 144 cm³/mol. The number of nitriles is 1. The van der Waals surface area contributed by atoms with E-state index >= 15 is 0 Å². The highest BCUT2D eigenvalue weighted by Crippen LogP contribution is 2.36. The first-order chi connectivity index (χ1) is 18.0. The third-order valence-corrected chi connectivity index (χ3v) is 7.18. The number of aryl methyl sites for hydroxylation is 1. The van der Waals surface area contributed by atoms with Gasteiger partial charge in [-0.3, -0.25) is 19.2 Å². The summed E-state index contributed by atoms with van der Waals surface area (Å²) in [5, 5.41) is 20.6. The van der Waals surface area contributed by atoms with E-state index in [9.17, 15) is 5.26 Å². The Kier molecular flexibility index (Phi) is 5.69. The van der Waals surface area contributed by atoms with Crippen LogP contribution in [0.5, 0.6) is 0 Å². The molecule has 9 nitrogen and oxygen atoms in total. The van der Waals surface area contributed by atoms with Crippen LogP contribution in [0.2, 0.25) is 5.02 Å². The molecular weight excluding hydrogens is 486 g/mol. The Bertz CT molecular complexity index is 1780. The minimum absolute atomic E-state index is 0.488. The van der Waals surface area contributed by atoms with Crippen molar-refractivity contribution in [2.75, 3.05) is 19.4 Å². The summed E-state index contributed by atoms with van der Waals surface area (Å²) in [7, 11) is 5.57. The highest BCUT2D eigenvalue weighted by molar-refractivity contribution is 6.31. The molecule has 1 N–H and O–H groups in total. The van der Waals surface area contributed by atoms with Crippen LogP contribution in [0.4, 0.5) is 5.82 Å². The molecule has 0 saturated heterocycles. The van der Waals surface area contributed by atoms with Crippen LogP contribution in [-0.4, -0.2) is 43.0 Å². The van der Waals surface area contributed by atoms with Crippen molar-refractivity contribution in [3.8, 4) is 17.5 Å². The lowest BCUT2D eigenvalue weighted by molar-refractivity contribution is 0.590. The van der Waals surface area contributed by atoms with Gasteiger partial charge in [-0.25, -0.2) is 0 Å². The van der Waals surface area contributed by atoms with Crippen LogP contribution in [0, 0.1) is 17.2 Å². The Hall–Kier alpha value is -4.16. The first-order valence-electron chi connectivity index (χ1n) is 12.2. The summed E-state index contributed by atoms with van der Waals surface area (Å²) in [6.45, 7) is 1.31. The number of halogens is 1. The molecule has 0 bridgehead atoms. The molecule has 6 rings (SSSR count). The van der Waals surface area contributed by atoms with E-state index in [-0.39, 0.29) is 0 Å². The number of nitrogens with one attached hydrogen (secondary N) is 1. The Balaban J connectivity index is 1.67. The summed E-state index contributed by atoms with van der Waals surface area (Å²) >= 11 is 6.36. The van der Waals surface area contributed by atoms with E-state index in [2.05, 4.69) is 25.9 Å². The summed E-state index contributed by atoms with van der Waals surface area (Å²) in [6, 6.07) is 11.9. The molecule has 1 aliphatic rings. The van der Waals surface area contributed by atoms with Gasteiger partial charge in [0.15, 0.2) is 5.65 Å². The van der Waals surface area contributed by atoms with Crippen molar-refractivity contribution in [1.82, 2.24) is 28.9 Å². The molecule has 4 heterocycles. The van der Waals surface area contributed by atoms with Gasteiger partial charge in [-0.05, 0) is 54.7 Å². The van der Waals surface area contributed by atoms with Crippen molar-refractivity contribution in [3.05, 3.63) is 64.5 Å². The summed E-state index contributed by atoms with van der Waals surface area (Å²) in [4.78, 5) is 13.9. The Morgan fingerprint density at radius 2 is 2.08 bits per heavy atom. The third-order valence-electron chi connectivity index (χ3n) is 6.94. The van der Waals surface area contributed by atoms with Gasteiger partial charge < -0.3 is 9.88 Å². The molecule has 1 fully saturated rings. The maximum Gasteiger partial charge on any atom is 0.228 e. The molecule has 1 aromatic carbocycles. The van der Waals surface area contributed by atoms with Crippen LogP contribution < -0.4 is 10.9 Å². The molecule has 1 saturated carbocycles. The van der Waals surface area contributed by atoms with Gasteiger partial charge in [0.2, 0.25) is 5.62 Å². The molecule has 37 heavy (non-hydrogen) atoms. The standard InChI is InChI=1S/C27H26ClN9/c1-30-25-23-24(22-10-17(12-29)13-35(22)3)37(15-18-8-9-32-21-7-6-19(28)11-20(18)21)34-26(23)36(14-16-4-5-16)27(31-2)33-25/h6-11,13,16H,4-5,14-15H2,1-3H3,(H,30,31,33). The van der Waals surface area contributed by atoms with Crippen molar-refractivity contribution in [2.24, 2.45) is 18.0 Å². The van der Waals surface area contributed by atoms with E-state index in [4.69, 9.17) is 21.7 Å². The molecule has 0 aliphatic heterocycles. The smallest absolute Gasteiger partial charge is 0.228 e. The molecule has 1 aliphatic carbocycles. The zero-order valence-electron chi connectivity index (χ0n) is 20.9. The largest absolute Gasteiger partial charge is 0.372 e. The molecule has 0 atom stereocenters. The first kappa shape index (κ1) is 23.3. The number of benzene rings is 1. The second-order valence-corrected chi connectivity index (χ2v) is 9.90. The fourth-order valence-electron chi connectivity index (χ4n) is 4.96. The zero-order chi connectivity index (χ0) is 25.7. The number of nitrogens with zero attached hydrogens (tertiary/aromatic N) is 8. The number of hydrogen-bond acceptors (Lipinski definition) is 6. The van der Waals surface area contributed by atoms with Gasteiger partial charge in [-0.15, -0.1) is 0 Å². The lowest BCUT2D eigenvalue weighted by Gasteiger charge is -2.12. The van der Waals surface area contributed by atoms with Crippen molar-refractivity contribution < 1.29 is 0 Å². The van der Waals surface area contributed by atoms with Gasteiger partial charge in [-0.2, -0.15) is 15.3 Å². The molecule has 5 aromatic rings. The Morgan fingerprint density at radius 1 is 1.24 bits per heavy atom. The number of aromatic nitrogens is 6. The van der Waals surface area contributed by atoms with Crippen LogP contribution >= 0.6 is 11.6 Å². The van der Waals surface area contributed by atoms with Gasteiger partial charge in [0, 0.05) is 50.5 Å². The van der Waals surface area contributed by atoms with E-state index in [1.165, 1.54) is 12.8 Å². The third kappa shape index (κ3) is 4.03. The molecule has 0 radical (unpaired) electrons. The molecule has 0 spiro atoms. The quantitative estimate of drug-likeness (QED) is 0.365. The van der Waals surface area contributed by atoms with Crippen LogP contribution in [0.25, 0.3) is 33.3 Å². The van der Waals surface area contributed by atoms with Gasteiger partial charge in [-0.1, -0.05) is 11.6 Å². The fraction of sp³-hybridized carbons (Fsp3) is 0.296. The summed E-state index contributed by atoms with van der Waals surface area (Å²) in [5.41, 5.74) is 5.74. The normalized spacial score (nSPS) is 14.0. The van der Waals surface area contributed by atoms with Crippen molar-refractivity contribution in [3.63, 3.8) is 0 Å². The van der Waals surface area contributed by atoms with Crippen LogP contribution in [0.15, 0.2) is 47.7 Å². The van der Waals surface area contributed by atoms with E-state index in [1.807, 2.05) is 66.1 Å². The topological polar surface area (TPSA) is 102 Å². The number of pyridine rings is 1. The average molecular weight is 512 g/mol. The van der Waals surface area contributed by atoms with Crippen molar-refractivity contribution in [1.29, 1.82) is 5.26 Å². The Morgan fingerprint density at radius 3 is 2.78 bits per heavy atom. The summed E-state index contributed by atoms with van der Waals surface area (Å²) in [5.74, 6) is 1.31. The van der Waals surface area contributed by atoms with Gasteiger partial charge in [0.1, 0.15) is 11.9 Å². The van der Waals surface area contributed by atoms with E-state index in [0.717, 1.165) is 45.4 Å². The molecule has 0 amide bonds. The minimum Gasteiger partial charge on any atom is -0.372 e. The molecule has 186 valence electrons. The monoisotopic (exact) mass is 511 g/mol. The SMILES string of the molecule is C/N=c1/nc(NC)c2c(-c3cc(C#N)cn3C)n(Cc3ccnc4ccc(Cl)cc34)nc2n1CC1CC1. The summed E-state index contributed by atoms with van der Waals surface area (Å²) in [6.07, 6.45) is 6.05. The molecule has 10 heteroatoms.